The summed E-state index contributed by atoms with van der Waals surface area (Å²) in [5.41, 5.74) is 12.9. The molecule has 0 bridgehead atoms. The Labute approximate surface area is 139 Å². The number of anilines is 2. The second kappa shape index (κ2) is 9.63. The largest absolute Gasteiger partial charge is 0.488 e. The summed E-state index contributed by atoms with van der Waals surface area (Å²) in [7, 11) is 0. The van der Waals surface area contributed by atoms with Gasteiger partial charge < -0.3 is 25.7 Å². The first kappa shape index (κ1) is 17.9. The molecule has 130 valence electrons. The molecule has 0 atom stereocenters. The van der Waals surface area contributed by atoms with E-state index in [1.807, 2.05) is 12.1 Å². The van der Waals surface area contributed by atoms with Gasteiger partial charge in [-0.2, -0.15) is 0 Å². The lowest BCUT2D eigenvalue weighted by molar-refractivity contribution is -0.0250. The van der Waals surface area contributed by atoms with Gasteiger partial charge >= 0.3 is 0 Å². The highest BCUT2D eigenvalue weighted by molar-refractivity contribution is 5.60. The monoisotopic (exact) mass is 322 g/mol. The van der Waals surface area contributed by atoms with Crippen molar-refractivity contribution >= 4 is 11.4 Å². The second-order valence-electron chi connectivity index (χ2n) is 6.15. The average molecular weight is 322 g/mol. The van der Waals surface area contributed by atoms with Crippen molar-refractivity contribution in [3.63, 3.8) is 0 Å². The number of ether oxygens (including phenoxy) is 3. The van der Waals surface area contributed by atoms with Crippen molar-refractivity contribution in [2.24, 2.45) is 0 Å². The van der Waals surface area contributed by atoms with Gasteiger partial charge in [0.1, 0.15) is 5.75 Å². The summed E-state index contributed by atoms with van der Waals surface area (Å²) in [4.78, 5) is 0. The van der Waals surface area contributed by atoms with Crippen molar-refractivity contribution < 1.29 is 14.2 Å². The van der Waals surface area contributed by atoms with Gasteiger partial charge in [0.05, 0.1) is 31.1 Å². The van der Waals surface area contributed by atoms with E-state index in [0.717, 1.165) is 44.5 Å². The van der Waals surface area contributed by atoms with Gasteiger partial charge in [-0.3, -0.25) is 0 Å². The Morgan fingerprint density at radius 1 is 1.00 bits per heavy atom. The van der Waals surface area contributed by atoms with Gasteiger partial charge in [-0.25, -0.2) is 0 Å². The fourth-order valence-corrected chi connectivity index (χ4v) is 2.79. The van der Waals surface area contributed by atoms with Crippen molar-refractivity contribution in [3.05, 3.63) is 18.2 Å². The second-order valence-corrected chi connectivity index (χ2v) is 6.15. The lowest BCUT2D eigenvalue weighted by atomic mass is 9.95. The molecule has 1 aromatic rings. The van der Waals surface area contributed by atoms with Crippen LogP contribution in [0.3, 0.4) is 0 Å². The molecule has 0 aliphatic heterocycles. The summed E-state index contributed by atoms with van der Waals surface area (Å²) in [6.07, 6.45) is 6.86. The van der Waals surface area contributed by atoms with E-state index in [-0.39, 0.29) is 6.10 Å². The van der Waals surface area contributed by atoms with Crippen LogP contribution in [0.15, 0.2) is 18.2 Å². The first-order valence-corrected chi connectivity index (χ1v) is 8.70. The zero-order chi connectivity index (χ0) is 16.5. The van der Waals surface area contributed by atoms with Crippen LogP contribution in [0.25, 0.3) is 0 Å². The summed E-state index contributed by atoms with van der Waals surface area (Å²) < 4.78 is 17.4. The number of hydrogen-bond acceptors (Lipinski definition) is 5. The average Bonchev–Trinajstić information content (AvgIpc) is 2.55. The van der Waals surface area contributed by atoms with Crippen molar-refractivity contribution in [1.82, 2.24) is 0 Å². The number of benzene rings is 1. The molecule has 0 aromatic heterocycles. The van der Waals surface area contributed by atoms with Crippen LogP contribution in [0.5, 0.6) is 5.75 Å². The number of rotatable bonds is 9. The summed E-state index contributed by atoms with van der Waals surface area (Å²) in [6.45, 7) is 4.38. The maximum Gasteiger partial charge on any atom is 0.142 e. The van der Waals surface area contributed by atoms with Crippen LogP contribution in [0.4, 0.5) is 11.4 Å². The van der Waals surface area contributed by atoms with Gasteiger partial charge in [0.15, 0.2) is 0 Å². The number of nitrogen functional groups attached to an aromatic ring is 2. The highest BCUT2D eigenvalue weighted by Crippen LogP contribution is 2.29. The molecule has 0 unspecified atom stereocenters. The quantitative estimate of drug-likeness (QED) is 0.538. The summed E-state index contributed by atoms with van der Waals surface area (Å²) in [5, 5.41) is 0. The molecule has 1 fully saturated rings. The Bertz CT molecular complexity index is 460. The van der Waals surface area contributed by atoms with Crippen LogP contribution in [-0.4, -0.2) is 32.0 Å². The lowest BCUT2D eigenvalue weighted by Gasteiger charge is -2.29. The Kier molecular flexibility index (Phi) is 7.49. The smallest absolute Gasteiger partial charge is 0.142 e. The molecule has 1 aliphatic rings. The maximum atomic E-state index is 6.00. The van der Waals surface area contributed by atoms with Gasteiger partial charge in [0.2, 0.25) is 0 Å². The Balaban J connectivity index is 1.62. The molecule has 0 heterocycles. The lowest BCUT2D eigenvalue weighted by Crippen LogP contribution is -2.29. The van der Waals surface area contributed by atoms with E-state index in [1.165, 1.54) is 6.42 Å². The molecule has 5 nitrogen and oxygen atoms in total. The molecular weight excluding hydrogens is 292 g/mol. The van der Waals surface area contributed by atoms with Crippen molar-refractivity contribution in [1.29, 1.82) is 0 Å². The number of hydrogen-bond donors (Lipinski definition) is 2. The third kappa shape index (κ3) is 6.28. The minimum absolute atomic E-state index is 0.210. The van der Waals surface area contributed by atoms with Crippen molar-refractivity contribution in [2.45, 2.75) is 57.7 Å². The standard InChI is InChI=1S/C18H30N2O3/c1-2-3-10-21-11-12-22-15-5-7-16(8-6-15)23-18-9-4-14(19)13-17(18)20/h4,9,13,15-16H,2-3,5-8,10-12,19-20H2,1H3. The highest BCUT2D eigenvalue weighted by atomic mass is 16.5. The maximum absolute atomic E-state index is 6.00. The molecule has 0 radical (unpaired) electrons. The van der Waals surface area contributed by atoms with E-state index >= 15 is 0 Å². The molecule has 4 N–H and O–H groups in total. The molecule has 1 aromatic carbocycles. The number of nitrogens with two attached hydrogens (primary N) is 2. The Hall–Kier alpha value is -1.46. The predicted molar refractivity (Wildman–Crippen MR) is 93.6 cm³/mol. The van der Waals surface area contributed by atoms with E-state index < -0.39 is 0 Å². The van der Waals surface area contributed by atoms with Gasteiger partial charge in [-0.05, 0) is 50.3 Å². The van der Waals surface area contributed by atoms with Gasteiger partial charge in [0, 0.05) is 12.3 Å². The van der Waals surface area contributed by atoms with Crippen LogP contribution in [0.2, 0.25) is 0 Å². The summed E-state index contributed by atoms with van der Waals surface area (Å²) in [5.74, 6) is 0.730. The first-order valence-electron chi connectivity index (χ1n) is 8.70. The summed E-state index contributed by atoms with van der Waals surface area (Å²) >= 11 is 0. The molecule has 0 spiro atoms. The predicted octanol–water partition coefficient (Wildman–Crippen LogP) is 3.37. The minimum atomic E-state index is 0.210. The molecule has 0 saturated heterocycles. The molecule has 1 aliphatic carbocycles. The van der Waals surface area contributed by atoms with Gasteiger partial charge in [-0.15, -0.1) is 0 Å². The van der Waals surface area contributed by atoms with Crippen molar-refractivity contribution in [2.75, 3.05) is 31.3 Å². The number of unbranched alkanes of at least 4 members (excludes halogenated alkanes) is 1. The topological polar surface area (TPSA) is 79.7 Å². The van der Waals surface area contributed by atoms with Crippen LogP contribution in [0.1, 0.15) is 45.4 Å². The Morgan fingerprint density at radius 3 is 2.43 bits per heavy atom. The van der Waals surface area contributed by atoms with E-state index in [1.54, 1.807) is 6.07 Å². The van der Waals surface area contributed by atoms with Gasteiger partial charge in [0.25, 0.3) is 0 Å². The van der Waals surface area contributed by atoms with Gasteiger partial charge in [-0.1, -0.05) is 13.3 Å². The third-order valence-electron chi connectivity index (χ3n) is 4.17. The van der Waals surface area contributed by atoms with E-state index in [0.29, 0.717) is 30.7 Å². The molecular formula is C18H30N2O3. The zero-order valence-corrected chi connectivity index (χ0v) is 14.1. The molecule has 5 heteroatoms. The highest BCUT2D eigenvalue weighted by Gasteiger charge is 2.23. The van der Waals surface area contributed by atoms with E-state index in [2.05, 4.69) is 6.92 Å². The normalized spacial score (nSPS) is 21.3. The zero-order valence-electron chi connectivity index (χ0n) is 14.1. The fraction of sp³-hybridized carbons (Fsp3) is 0.667. The Morgan fingerprint density at radius 2 is 1.74 bits per heavy atom. The van der Waals surface area contributed by atoms with Crippen LogP contribution in [-0.2, 0) is 9.47 Å². The van der Waals surface area contributed by atoms with Crippen LogP contribution >= 0.6 is 0 Å². The third-order valence-corrected chi connectivity index (χ3v) is 4.17. The van der Waals surface area contributed by atoms with Crippen LogP contribution in [0, 0.1) is 0 Å². The molecule has 0 amide bonds. The van der Waals surface area contributed by atoms with Crippen LogP contribution < -0.4 is 16.2 Å². The summed E-state index contributed by atoms with van der Waals surface area (Å²) in [6, 6.07) is 5.41. The SMILES string of the molecule is CCCCOCCOC1CCC(Oc2ccc(N)cc2N)CC1. The fourth-order valence-electron chi connectivity index (χ4n) is 2.79. The van der Waals surface area contributed by atoms with Crippen molar-refractivity contribution in [3.8, 4) is 5.75 Å². The molecule has 1 saturated carbocycles. The van der Waals surface area contributed by atoms with E-state index in [9.17, 15) is 0 Å². The first-order chi connectivity index (χ1) is 11.2. The minimum Gasteiger partial charge on any atom is -0.488 e. The van der Waals surface area contributed by atoms with E-state index in [4.69, 9.17) is 25.7 Å². The molecule has 2 rings (SSSR count). The molecule has 23 heavy (non-hydrogen) atoms.